The number of halogens is 1. The minimum atomic E-state index is 0.286. The van der Waals surface area contributed by atoms with Gasteiger partial charge in [0.1, 0.15) is 0 Å². The van der Waals surface area contributed by atoms with Gasteiger partial charge in [-0.05, 0) is 37.5 Å². The van der Waals surface area contributed by atoms with E-state index >= 15 is 0 Å². The molecule has 0 saturated heterocycles. The third-order valence-corrected chi connectivity index (χ3v) is 5.00. The van der Waals surface area contributed by atoms with Crippen LogP contribution in [0.2, 0.25) is 0 Å². The lowest BCUT2D eigenvalue weighted by molar-refractivity contribution is 0.532. The number of nitrogens with zero attached hydrogens (tertiary/aromatic N) is 1. The first kappa shape index (κ1) is 13.9. The van der Waals surface area contributed by atoms with Crippen LogP contribution in [0, 0.1) is 5.92 Å². The molecule has 0 radical (unpaired) electrons. The van der Waals surface area contributed by atoms with Crippen LogP contribution < -0.4 is 5.32 Å². The Morgan fingerprint density at radius 1 is 1.44 bits per heavy atom. The third kappa shape index (κ3) is 3.51. The smallest absolute Gasteiger partial charge is 0.157 e. The van der Waals surface area contributed by atoms with Crippen LogP contribution >= 0.6 is 27.7 Å². The van der Waals surface area contributed by atoms with Crippen LogP contribution in [0.15, 0.2) is 33.7 Å². The van der Waals surface area contributed by atoms with Crippen LogP contribution in [0.1, 0.15) is 32.4 Å². The molecule has 4 heteroatoms. The summed E-state index contributed by atoms with van der Waals surface area (Å²) in [6.07, 6.45) is 0. The van der Waals surface area contributed by atoms with E-state index in [9.17, 15) is 0 Å². The summed E-state index contributed by atoms with van der Waals surface area (Å²) < 4.78 is 1.12. The molecule has 2 rings (SSSR count). The molecule has 1 heterocycles. The van der Waals surface area contributed by atoms with Gasteiger partial charge in [0.2, 0.25) is 0 Å². The molecule has 98 valence electrons. The number of rotatable bonds is 2. The van der Waals surface area contributed by atoms with Gasteiger partial charge in [-0.3, -0.25) is 4.99 Å². The number of benzene rings is 1. The van der Waals surface area contributed by atoms with Crippen molar-refractivity contribution >= 4 is 32.9 Å². The molecule has 3 unspecified atom stereocenters. The number of hydrogen-bond donors (Lipinski definition) is 1. The van der Waals surface area contributed by atoms with Gasteiger partial charge in [0.15, 0.2) is 5.17 Å². The fraction of sp³-hybridized carbons (Fsp3) is 0.500. The molecule has 1 N–H and O–H groups in total. The Morgan fingerprint density at radius 3 is 2.89 bits per heavy atom. The van der Waals surface area contributed by atoms with Gasteiger partial charge in [-0.15, -0.1) is 0 Å². The lowest BCUT2D eigenvalue weighted by atomic mass is 10.1. The van der Waals surface area contributed by atoms with Crippen molar-refractivity contribution in [2.75, 3.05) is 5.75 Å². The van der Waals surface area contributed by atoms with E-state index in [1.165, 1.54) is 5.56 Å². The van der Waals surface area contributed by atoms with E-state index in [0.717, 1.165) is 15.4 Å². The minimum Gasteiger partial charge on any atom is -0.358 e. The van der Waals surface area contributed by atoms with Crippen molar-refractivity contribution in [3.05, 3.63) is 34.3 Å². The maximum absolute atomic E-state index is 4.71. The summed E-state index contributed by atoms with van der Waals surface area (Å²) in [7, 11) is 0. The summed E-state index contributed by atoms with van der Waals surface area (Å²) >= 11 is 5.34. The predicted octanol–water partition coefficient (Wildman–Crippen LogP) is 4.23. The van der Waals surface area contributed by atoms with Gasteiger partial charge in [-0.25, -0.2) is 0 Å². The fourth-order valence-electron chi connectivity index (χ4n) is 1.82. The first-order valence-electron chi connectivity index (χ1n) is 6.29. The minimum absolute atomic E-state index is 0.286. The molecule has 3 atom stereocenters. The van der Waals surface area contributed by atoms with Gasteiger partial charge in [-0.1, -0.05) is 46.7 Å². The van der Waals surface area contributed by atoms with Gasteiger partial charge < -0.3 is 5.32 Å². The number of aliphatic imine (C=N–C) groups is 1. The summed E-state index contributed by atoms with van der Waals surface area (Å²) in [5, 5.41) is 4.58. The molecule has 0 fully saturated rings. The first-order chi connectivity index (χ1) is 8.56. The highest BCUT2D eigenvalue weighted by Gasteiger charge is 2.20. The van der Waals surface area contributed by atoms with Crippen molar-refractivity contribution < 1.29 is 0 Å². The van der Waals surface area contributed by atoms with Crippen LogP contribution in [0.25, 0.3) is 0 Å². The molecule has 1 aliphatic rings. The van der Waals surface area contributed by atoms with E-state index in [2.05, 4.69) is 60.2 Å². The summed E-state index contributed by atoms with van der Waals surface area (Å²) in [5.41, 5.74) is 1.28. The number of thioether (sulfide) groups is 1. The number of nitrogens with one attached hydrogen (secondary N) is 1. The molecule has 2 nitrogen and oxygen atoms in total. The second-order valence-corrected chi connectivity index (χ2v) is 6.81. The zero-order valence-corrected chi connectivity index (χ0v) is 13.4. The summed E-state index contributed by atoms with van der Waals surface area (Å²) in [6, 6.07) is 9.11. The van der Waals surface area contributed by atoms with Crippen molar-refractivity contribution in [2.45, 2.75) is 32.9 Å². The lowest BCUT2D eigenvalue weighted by Crippen LogP contribution is -2.31. The summed E-state index contributed by atoms with van der Waals surface area (Å²) in [5.74, 6) is 1.82. The van der Waals surface area contributed by atoms with E-state index in [0.29, 0.717) is 12.0 Å². The van der Waals surface area contributed by atoms with Gasteiger partial charge in [0.05, 0.1) is 12.1 Å². The fourth-order valence-corrected chi connectivity index (χ4v) is 3.44. The van der Waals surface area contributed by atoms with E-state index in [-0.39, 0.29) is 6.04 Å². The molecule has 1 aromatic carbocycles. The van der Waals surface area contributed by atoms with Crippen LogP contribution in [0.4, 0.5) is 0 Å². The van der Waals surface area contributed by atoms with E-state index in [1.54, 1.807) is 0 Å². The van der Waals surface area contributed by atoms with Gasteiger partial charge in [0.25, 0.3) is 0 Å². The normalized spacial score (nSPS) is 25.4. The molecule has 0 amide bonds. The van der Waals surface area contributed by atoms with Crippen LogP contribution in [-0.4, -0.2) is 17.0 Å². The highest BCUT2D eigenvalue weighted by molar-refractivity contribution is 9.10. The molecular formula is C14H19BrN2S. The monoisotopic (exact) mass is 326 g/mol. The molecule has 0 aliphatic carbocycles. The summed E-state index contributed by atoms with van der Waals surface area (Å²) in [6.45, 7) is 6.62. The Labute approximate surface area is 122 Å². The SMILES string of the molecule is CC(NC1=NC(C)C(C)CS1)c1cccc(Br)c1. The third-order valence-electron chi connectivity index (χ3n) is 3.32. The quantitative estimate of drug-likeness (QED) is 0.879. The van der Waals surface area contributed by atoms with Crippen LogP contribution in [0.5, 0.6) is 0 Å². The molecular weight excluding hydrogens is 308 g/mol. The second-order valence-electron chi connectivity index (χ2n) is 4.88. The second kappa shape index (κ2) is 6.11. The molecule has 0 saturated carbocycles. The average molecular weight is 327 g/mol. The largest absolute Gasteiger partial charge is 0.358 e. The van der Waals surface area contributed by atoms with Gasteiger partial charge in [0, 0.05) is 10.2 Å². The maximum atomic E-state index is 4.71. The van der Waals surface area contributed by atoms with E-state index in [1.807, 2.05) is 17.8 Å². The van der Waals surface area contributed by atoms with Crippen LogP contribution in [-0.2, 0) is 0 Å². The maximum Gasteiger partial charge on any atom is 0.157 e. The Balaban J connectivity index is 2.04. The topological polar surface area (TPSA) is 24.4 Å². The van der Waals surface area contributed by atoms with E-state index < -0.39 is 0 Å². The van der Waals surface area contributed by atoms with Gasteiger partial charge >= 0.3 is 0 Å². The molecule has 0 bridgehead atoms. The molecule has 1 aliphatic heterocycles. The van der Waals surface area contributed by atoms with Crippen molar-refractivity contribution in [3.63, 3.8) is 0 Å². The van der Waals surface area contributed by atoms with Crippen molar-refractivity contribution in [3.8, 4) is 0 Å². The summed E-state index contributed by atoms with van der Waals surface area (Å²) in [4.78, 5) is 4.71. The Hall–Kier alpha value is -0.480. The van der Waals surface area contributed by atoms with E-state index in [4.69, 9.17) is 4.99 Å². The number of amidine groups is 1. The average Bonchev–Trinajstić information content (AvgIpc) is 2.34. The highest BCUT2D eigenvalue weighted by atomic mass is 79.9. The zero-order valence-electron chi connectivity index (χ0n) is 11.0. The molecule has 0 spiro atoms. The highest BCUT2D eigenvalue weighted by Crippen LogP contribution is 2.24. The zero-order chi connectivity index (χ0) is 13.1. The Kier molecular flexibility index (Phi) is 4.73. The molecule has 0 aromatic heterocycles. The first-order valence-corrected chi connectivity index (χ1v) is 8.06. The predicted molar refractivity (Wildman–Crippen MR) is 84.2 cm³/mol. The lowest BCUT2D eigenvalue weighted by Gasteiger charge is -2.26. The Morgan fingerprint density at radius 2 is 2.22 bits per heavy atom. The Bertz CT molecular complexity index is 447. The van der Waals surface area contributed by atoms with Crippen molar-refractivity contribution in [2.24, 2.45) is 10.9 Å². The molecule has 1 aromatic rings. The van der Waals surface area contributed by atoms with Crippen molar-refractivity contribution in [1.29, 1.82) is 0 Å². The van der Waals surface area contributed by atoms with Gasteiger partial charge in [-0.2, -0.15) is 0 Å². The number of hydrogen-bond acceptors (Lipinski definition) is 3. The van der Waals surface area contributed by atoms with Crippen LogP contribution in [0.3, 0.4) is 0 Å². The standard InChI is InChI=1S/C14H19BrN2S/c1-9-8-18-14(16-10(9)2)17-11(3)12-5-4-6-13(15)7-12/h4-7,9-11H,8H2,1-3H3,(H,16,17). The van der Waals surface area contributed by atoms with Crippen molar-refractivity contribution in [1.82, 2.24) is 5.32 Å². The molecule has 18 heavy (non-hydrogen) atoms.